The summed E-state index contributed by atoms with van der Waals surface area (Å²) in [5.74, 6) is 1.55. The van der Waals surface area contributed by atoms with E-state index in [9.17, 15) is 4.79 Å². The minimum Gasteiger partial charge on any atom is -0.481 e. The molecule has 0 saturated carbocycles. The summed E-state index contributed by atoms with van der Waals surface area (Å²) in [6, 6.07) is 0. The lowest BCUT2D eigenvalue weighted by atomic mass is 10.1. The second-order valence-electron chi connectivity index (χ2n) is 4.19. The van der Waals surface area contributed by atoms with Gasteiger partial charge in [0.1, 0.15) is 5.01 Å². The maximum Gasteiger partial charge on any atom is 0.308 e. The van der Waals surface area contributed by atoms with Crippen molar-refractivity contribution in [2.45, 2.75) is 45.3 Å². The molecule has 0 aromatic carbocycles. The Kier molecular flexibility index (Phi) is 5.98. The predicted octanol–water partition coefficient (Wildman–Crippen LogP) is 3.54. The molecular formula is C12H19NO2S2. The number of carbonyl (C=O) groups is 1. The fourth-order valence-corrected chi connectivity index (χ4v) is 3.66. The third-order valence-electron chi connectivity index (χ3n) is 2.20. The van der Waals surface area contributed by atoms with E-state index in [0.29, 0.717) is 5.92 Å². The summed E-state index contributed by atoms with van der Waals surface area (Å²) < 4.78 is 0. The zero-order valence-electron chi connectivity index (χ0n) is 10.5. The Morgan fingerprint density at radius 3 is 2.76 bits per heavy atom. The highest BCUT2D eigenvalue weighted by molar-refractivity contribution is 7.98. The van der Waals surface area contributed by atoms with Gasteiger partial charge < -0.3 is 5.11 Å². The number of thiazole rings is 1. The molecule has 0 aliphatic rings. The van der Waals surface area contributed by atoms with Crippen molar-refractivity contribution in [3.63, 3.8) is 0 Å². The van der Waals surface area contributed by atoms with E-state index in [2.05, 4.69) is 25.8 Å². The van der Waals surface area contributed by atoms with Crippen molar-refractivity contribution < 1.29 is 9.90 Å². The molecule has 0 amide bonds. The van der Waals surface area contributed by atoms with Crippen LogP contribution in [0.3, 0.4) is 0 Å². The molecule has 1 heterocycles. The van der Waals surface area contributed by atoms with Crippen LogP contribution in [0.15, 0.2) is 0 Å². The van der Waals surface area contributed by atoms with Gasteiger partial charge in [0, 0.05) is 10.6 Å². The van der Waals surface area contributed by atoms with Gasteiger partial charge in [-0.05, 0) is 18.1 Å². The molecule has 3 nitrogen and oxygen atoms in total. The van der Waals surface area contributed by atoms with Gasteiger partial charge in [-0.3, -0.25) is 4.79 Å². The van der Waals surface area contributed by atoms with E-state index < -0.39 is 5.97 Å². The molecule has 1 aromatic rings. The van der Waals surface area contributed by atoms with Crippen molar-refractivity contribution >= 4 is 29.1 Å². The van der Waals surface area contributed by atoms with E-state index in [-0.39, 0.29) is 6.42 Å². The summed E-state index contributed by atoms with van der Waals surface area (Å²) in [5.41, 5.74) is 0.962. The molecule has 0 fully saturated rings. The Bertz CT molecular complexity index is 375. The van der Waals surface area contributed by atoms with Crippen LogP contribution in [0.1, 0.15) is 48.7 Å². The highest BCUT2D eigenvalue weighted by Crippen LogP contribution is 2.28. The molecular weight excluding hydrogens is 254 g/mol. The highest BCUT2D eigenvalue weighted by Gasteiger charge is 2.16. The number of aromatic nitrogens is 1. The number of hydrogen-bond donors (Lipinski definition) is 1. The van der Waals surface area contributed by atoms with E-state index in [1.807, 2.05) is 11.8 Å². The number of aliphatic carboxylic acids is 1. The molecule has 96 valence electrons. The average Bonchev–Trinajstić information content (AvgIpc) is 2.60. The van der Waals surface area contributed by atoms with Crippen molar-refractivity contribution in [2.75, 3.05) is 5.75 Å². The van der Waals surface area contributed by atoms with Crippen LogP contribution in [0.5, 0.6) is 0 Å². The molecule has 0 bridgehead atoms. The molecule has 0 spiro atoms. The molecule has 1 aromatic heterocycles. The van der Waals surface area contributed by atoms with Crippen LogP contribution >= 0.6 is 23.1 Å². The third-order valence-corrected chi connectivity index (χ3v) is 4.63. The van der Waals surface area contributed by atoms with Crippen LogP contribution in [0.4, 0.5) is 0 Å². The minimum atomic E-state index is -0.775. The van der Waals surface area contributed by atoms with E-state index in [1.54, 1.807) is 11.3 Å². The van der Waals surface area contributed by atoms with Crippen LogP contribution in [0.2, 0.25) is 0 Å². The largest absolute Gasteiger partial charge is 0.481 e. The summed E-state index contributed by atoms with van der Waals surface area (Å²) in [6.45, 7) is 6.27. The number of carboxylic acid groups (broad SMARTS) is 1. The van der Waals surface area contributed by atoms with Crippen molar-refractivity contribution in [3.05, 3.63) is 15.6 Å². The third kappa shape index (κ3) is 4.68. The summed E-state index contributed by atoms with van der Waals surface area (Å²) in [4.78, 5) is 16.3. The summed E-state index contributed by atoms with van der Waals surface area (Å²) >= 11 is 3.41. The van der Waals surface area contributed by atoms with Crippen LogP contribution in [-0.4, -0.2) is 21.8 Å². The smallest absolute Gasteiger partial charge is 0.308 e. The minimum absolute atomic E-state index is 0.101. The van der Waals surface area contributed by atoms with Gasteiger partial charge in [0.15, 0.2) is 0 Å². The average molecular weight is 273 g/mol. The lowest BCUT2D eigenvalue weighted by molar-refractivity contribution is -0.136. The zero-order valence-corrected chi connectivity index (χ0v) is 12.2. The number of nitrogens with zero attached hydrogens (tertiary/aromatic N) is 1. The first-order valence-electron chi connectivity index (χ1n) is 5.82. The van der Waals surface area contributed by atoms with Crippen molar-refractivity contribution in [2.24, 2.45) is 0 Å². The van der Waals surface area contributed by atoms with Crippen molar-refractivity contribution in [3.8, 4) is 0 Å². The van der Waals surface area contributed by atoms with E-state index in [0.717, 1.165) is 33.5 Å². The fourth-order valence-electron chi connectivity index (χ4n) is 1.49. The summed E-state index contributed by atoms with van der Waals surface area (Å²) in [7, 11) is 0. The monoisotopic (exact) mass is 273 g/mol. The molecule has 1 N–H and O–H groups in total. The number of hydrogen-bond acceptors (Lipinski definition) is 4. The Balaban J connectivity index is 2.76. The first-order valence-corrected chi connectivity index (χ1v) is 7.79. The first-order chi connectivity index (χ1) is 8.04. The number of thioether (sulfide) groups is 1. The van der Waals surface area contributed by atoms with Crippen LogP contribution in [0.25, 0.3) is 0 Å². The maximum absolute atomic E-state index is 10.8. The lowest BCUT2D eigenvalue weighted by Gasteiger charge is -2.02. The second-order valence-corrected chi connectivity index (χ2v) is 6.47. The fraction of sp³-hybridized carbons (Fsp3) is 0.667. The molecule has 17 heavy (non-hydrogen) atoms. The Morgan fingerprint density at radius 1 is 1.53 bits per heavy atom. The maximum atomic E-state index is 10.8. The normalized spacial score (nSPS) is 11.1. The van der Waals surface area contributed by atoms with E-state index in [4.69, 9.17) is 5.11 Å². The zero-order chi connectivity index (χ0) is 12.8. The first kappa shape index (κ1) is 14.5. The number of rotatable bonds is 7. The second kappa shape index (κ2) is 7.01. The van der Waals surface area contributed by atoms with Crippen LogP contribution in [-0.2, 0) is 17.0 Å². The van der Waals surface area contributed by atoms with Crippen molar-refractivity contribution in [1.82, 2.24) is 4.98 Å². The highest BCUT2D eigenvalue weighted by atomic mass is 32.2. The van der Waals surface area contributed by atoms with Crippen LogP contribution in [0, 0.1) is 0 Å². The van der Waals surface area contributed by atoms with Gasteiger partial charge in [-0.15, -0.1) is 11.3 Å². The van der Waals surface area contributed by atoms with Gasteiger partial charge in [0.25, 0.3) is 0 Å². The van der Waals surface area contributed by atoms with Gasteiger partial charge in [0.05, 0.1) is 12.1 Å². The van der Waals surface area contributed by atoms with Gasteiger partial charge in [-0.25, -0.2) is 4.98 Å². The SMILES string of the molecule is CCCSCc1nc(C(C)C)c(CC(=O)O)s1. The molecule has 0 aliphatic carbocycles. The number of carboxylic acids is 1. The lowest BCUT2D eigenvalue weighted by Crippen LogP contribution is -2.02. The van der Waals surface area contributed by atoms with Gasteiger partial charge in [-0.1, -0.05) is 20.8 Å². The molecule has 0 aliphatic heterocycles. The molecule has 1 rings (SSSR count). The van der Waals surface area contributed by atoms with Gasteiger partial charge in [0.2, 0.25) is 0 Å². The predicted molar refractivity (Wildman–Crippen MR) is 74.0 cm³/mol. The van der Waals surface area contributed by atoms with Gasteiger partial charge >= 0.3 is 5.97 Å². The summed E-state index contributed by atoms with van der Waals surface area (Å²) in [6.07, 6.45) is 1.26. The van der Waals surface area contributed by atoms with Crippen LogP contribution < -0.4 is 0 Å². The van der Waals surface area contributed by atoms with E-state index in [1.165, 1.54) is 0 Å². The molecule has 0 radical (unpaired) electrons. The standard InChI is InChI=1S/C12H19NO2S2/c1-4-5-16-7-10-13-12(8(2)3)9(17-10)6-11(14)15/h8H,4-7H2,1-3H3,(H,14,15). The Labute approximate surface area is 111 Å². The quantitative estimate of drug-likeness (QED) is 0.772. The molecule has 0 saturated heterocycles. The Hall–Kier alpha value is -0.550. The van der Waals surface area contributed by atoms with Gasteiger partial charge in [-0.2, -0.15) is 11.8 Å². The Morgan fingerprint density at radius 2 is 2.24 bits per heavy atom. The topological polar surface area (TPSA) is 50.2 Å². The molecule has 5 heteroatoms. The molecule has 0 atom stereocenters. The van der Waals surface area contributed by atoms with E-state index >= 15 is 0 Å². The molecule has 0 unspecified atom stereocenters. The summed E-state index contributed by atoms with van der Waals surface area (Å²) in [5, 5.41) is 9.93. The van der Waals surface area contributed by atoms with Crippen molar-refractivity contribution in [1.29, 1.82) is 0 Å².